The van der Waals surface area contributed by atoms with Crippen molar-refractivity contribution in [3.05, 3.63) is 33.8 Å². The smallest absolute Gasteiger partial charge is 0.224 e. The standard InChI is InChI=1S/C12H14Cl2N2O3S/c13-10-2-1-8(5-11(10)14)3-4-16-7-9(6-12(16)17)20(15,18)19/h1-2,5,9H,3-4,6-7H2,(H2,15,18,19). The number of carbonyl (C=O) groups is 1. The molecule has 1 heterocycles. The molecule has 1 aromatic carbocycles. The molecule has 8 heteroatoms. The Balaban J connectivity index is 1.98. The van der Waals surface area contributed by atoms with E-state index in [0.29, 0.717) is 23.0 Å². The van der Waals surface area contributed by atoms with Crippen LogP contribution in [0.4, 0.5) is 0 Å². The molecular weight excluding hydrogens is 323 g/mol. The highest BCUT2D eigenvalue weighted by molar-refractivity contribution is 7.89. The lowest BCUT2D eigenvalue weighted by atomic mass is 10.1. The van der Waals surface area contributed by atoms with Crippen molar-refractivity contribution in [2.75, 3.05) is 13.1 Å². The number of nitrogens with two attached hydrogens (primary N) is 1. The molecule has 110 valence electrons. The van der Waals surface area contributed by atoms with Gasteiger partial charge >= 0.3 is 0 Å². The van der Waals surface area contributed by atoms with Crippen LogP contribution in [0.2, 0.25) is 10.0 Å². The highest BCUT2D eigenvalue weighted by Gasteiger charge is 2.35. The minimum Gasteiger partial charge on any atom is -0.341 e. The molecule has 0 bridgehead atoms. The second-order valence-corrected chi connectivity index (χ2v) is 7.41. The minimum absolute atomic E-state index is 0.0415. The highest BCUT2D eigenvalue weighted by Crippen LogP contribution is 2.23. The van der Waals surface area contributed by atoms with Gasteiger partial charge in [0.1, 0.15) is 5.25 Å². The molecule has 0 radical (unpaired) electrons. The van der Waals surface area contributed by atoms with Gasteiger partial charge in [-0.25, -0.2) is 13.6 Å². The predicted octanol–water partition coefficient (Wildman–Crippen LogP) is 1.43. The normalized spacial score (nSPS) is 19.6. The fraction of sp³-hybridized carbons (Fsp3) is 0.417. The maximum absolute atomic E-state index is 11.7. The van der Waals surface area contributed by atoms with Crippen LogP contribution >= 0.6 is 23.2 Å². The molecule has 0 spiro atoms. The average Bonchev–Trinajstić information content (AvgIpc) is 2.72. The van der Waals surface area contributed by atoms with Gasteiger partial charge in [-0.3, -0.25) is 4.79 Å². The van der Waals surface area contributed by atoms with Gasteiger partial charge < -0.3 is 4.90 Å². The zero-order chi connectivity index (χ0) is 14.9. The summed E-state index contributed by atoms with van der Waals surface area (Å²) in [5, 5.41) is 5.20. The van der Waals surface area contributed by atoms with E-state index < -0.39 is 15.3 Å². The zero-order valence-electron chi connectivity index (χ0n) is 10.6. The molecule has 20 heavy (non-hydrogen) atoms. The van der Waals surface area contributed by atoms with E-state index in [-0.39, 0.29) is 18.9 Å². The zero-order valence-corrected chi connectivity index (χ0v) is 12.9. The van der Waals surface area contributed by atoms with Crippen molar-refractivity contribution in [3.63, 3.8) is 0 Å². The van der Waals surface area contributed by atoms with Crippen molar-refractivity contribution in [2.45, 2.75) is 18.1 Å². The molecular formula is C12H14Cl2N2O3S. The number of rotatable bonds is 4. The van der Waals surface area contributed by atoms with E-state index in [1.165, 1.54) is 4.90 Å². The molecule has 1 aromatic rings. The molecule has 1 unspecified atom stereocenters. The van der Waals surface area contributed by atoms with Gasteiger partial charge in [-0.1, -0.05) is 29.3 Å². The van der Waals surface area contributed by atoms with Gasteiger partial charge in [0.25, 0.3) is 0 Å². The van der Waals surface area contributed by atoms with Gasteiger partial charge in [0.2, 0.25) is 15.9 Å². The van der Waals surface area contributed by atoms with Gasteiger partial charge in [-0.2, -0.15) is 0 Å². The Morgan fingerprint density at radius 3 is 2.55 bits per heavy atom. The fourth-order valence-corrected chi connectivity index (χ4v) is 3.21. The topological polar surface area (TPSA) is 80.5 Å². The summed E-state index contributed by atoms with van der Waals surface area (Å²) in [5.41, 5.74) is 0.936. The Morgan fingerprint density at radius 2 is 2.00 bits per heavy atom. The maximum atomic E-state index is 11.7. The quantitative estimate of drug-likeness (QED) is 0.902. The fourth-order valence-electron chi connectivity index (χ4n) is 2.13. The van der Waals surface area contributed by atoms with E-state index in [1.54, 1.807) is 12.1 Å². The number of primary sulfonamides is 1. The van der Waals surface area contributed by atoms with E-state index >= 15 is 0 Å². The molecule has 1 saturated heterocycles. The van der Waals surface area contributed by atoms with Crippen LogP contribution in [0.1, 0.15) is 12.0 Å². The molecule has 2 N–H and O–H groups in total. The summed E-state index contributed by atoms with van der Waals surface area (Å²) in [5.74, 6) is -0.191. The van der Waals surface area contributed by atoms with Crippen molar-refractivity contribution in [3.8, 4) is 0 Å². The summed E-state index contributed by atoms with van der Waals surface area (Å²) in [4.78, 5) is 13.2. The average molecular weight is 337 g/mol. The number of hydrogen-bond donors (Lipinski definition) is 1. The SMILES string of the molecule is NS(=O)(=O)C1CC(=O)N(CCc2ccc(Cl)c(Cl)c2)C1. The monoisotopic (exact) mass is 336 g/mol. The molecule has 1 atom stereocenters. The van der Waals surface area contributed by atoms with Crippen LogP contribution in [0.5, 0.6) is 0 Å². The molecule has 1 fully saturated rings. The van der Waals surface area contributed by atoms with Crippen LogP contribution in [0.25, 0.3) is 0 Å². The van der Waals surface area contributed by atoms with E-state index in [9.17, 15) is 13.2 Å². The lowest BCUT2D eigenvalue weighted by Gasteiger charge is -2.16. The summed E-state index contributed by atoms with van der Waals surface area (Å²) >= 11 is 11.7. The van der Waals surface area contributed by atoms with E-state index in [2.05, 4.69) is 0 Å². The Morgan fingerprint density at radius 1 is 1.30 bits per heavy atom. The molecule has 0 aromatic heterocycles. The van der Waals surface area contributed by atoms with Gasteiger partial charge in [0.05, 0.1) is 10.0 Å². The maximum Gasteiger partial charge on any atom is 0.224 e. The summed E-state index contributed by atoms with van der Waals surface area (Å²) in [6, 6.07) is 5.26. The molecule has 0 saturated carbocycles. The van der Waals surface area contributed by atoms with Crippen molar-refractivity contribution < 1.29 is 13.2 Å². The van der Waals surface area contributed by atoms with Crippen LogP contribution in [-0.2, 0) is 21.2 Å². The van der Waals surface area contributed by atoms with E-state index in [0.717, 1.165) is 5.56 Å². The van der Waals surface area contributed by atoms with Crippen LogP contribution in [0, 0.1) is 0 Å². The van der Waals surface area contributed by atoms with Crippen molar-refractivity contribution >= 4 is 39.1 Å². The summed E-state index contributed by atoms with van der Waals surface area (Å²) in [6.07, 6.45) is 0.542. The van der Waals surface area contributed by atoms with Crippen molar-refractivity contribution in [1.82, 2.24) is 4.90 Å². The number of benzene rings is 1. The van der Waals surface area contributed by atoms with E-state index in [1.807, 2.05) is 6.07 Å². The second kappa shape index (κ2) is 5.89. The number of nitrogens with zero attached hydrogens (tertiary/aromatic N) is 1. The van der Waals surface area contributed by atoms with Crippen LogP contribution < -0.4 is 5.14 Å². The number of sulfonamides is 1. The first kappa shape index (κ1) is 15.6. The highest BCUT2D eigenvalue weighted by atomic mass is 35.5. The third-order valence-electron chi connectivity index (χ3n) is 3.30. The Bertz CT molecular complexity index is 634. The molecule has 1 aliphatic rings. The molecule has 0 aliphatic carbocycles. The largest absolute Gasteiger partial charge is 0.341 e. The summed E-state index contributed by atoms with van der Waals surface area (Å²) < 4.78 is 22.5. The summed E-state index contributed by atoms with van der Waals surface area (Å²) in [6.45, 7) is 0.585. The third kappa shape index (κ3) is 3.63. The number of likely N-dealkylation sites (tertiary alicyclic amines) is 1. The van der Waals surface area contributed by atoms with Gasteiger partial charge in [0, 0.05) is 19.5 Å². The van der Waals surface area contributed by atoms with Crippen molar-refractivity contribution in [2.24, 2.45) is 5.14 Å². The van der Waals surface area contributed by atoms with Gasteiger partial charge in [0.15, 0.2) is 0 Å². The van der Waals surface area contributed by atoms with Gasteiger partial charge in [-0.05, 0) is 24.1 Å². The molecule has 2 rings (SSSR count). The number of hydrogen-bond acceptors (Lipinski definition) is 3. The number of halogens is 2. The molecule has 1 aliphatic heterocycles. The van der Waals surface area contributed by atoms with Crippen LogP contribution in [0.15, 0.2) is 18.2 Å². The first-order valence-electron chi connectivity index (χ1n) is 6.00. The predicted molar refractivity (Wildman–Crippen MR) is 78.3 cm³/mol. The molecule has 5 nitrogen and oxygen atoms in total. The summed E-state index contributed by atoms with van der Waals surface area (Å²) in [7, 11) is -3.66. The first-order chi connectivity index (χ1) is 9.27. The minimum atomic E-state index is -3.66. The Hall–Kier alpha value is -0.820. The van der Waals surface area contributed by atoms with Crippen LogP contribution in [-0.4, -0.2) is 37.6 Å². The van der Waals surface area contributed by atoms with Crippen LogP contribution in [0.3, 0.4) is 0 Å². The van der Waals surface area contributed by atoms with E-state index in [4.69, 9.17) is 28.3 Å². The van der Waals surface area contributed by atoms with Crippen molar-refractivity contribution in [1.29, 1.82) is 0 Å². The second-order valence-electron chi connectivity index (χ2n) is 4.75. The first-order valence-corrected chi connectivity index (χ1v) is 8.37. The third-order valence-corrected chi connectivity index (χ3v) is 5.28. The Kier molecular flexibility index (Phi) is 4.59. The number of carbonyl (C=O) groups excluding carboxylic acids is 1. The Labute approximate surface area is 127 Å². The lowest BCUT2D eigenvalue weighted by molar-refractivity contribution is -0.127. The number of amides is 1. The van der Waals surface area contributed by atoms with Gasteiger partial charge in [-0.15, -0.1) is 0 Å². The molecule has 1 amide bonds. The lowest BCUT2D eigenvalue weighted by Crippen LogP contribution is -2.33.